The Balaban J connectivity index is 1.42. The molecule has 0 spiro atoms. The molecule has 5 rings (SSSR count). The van der Waals surface area contributed by atoms with E-state index in [4.69, 9.17) is 9.47 Å². The van der Waals surface area contributed by atoms with Crippen LogP contribution >= 0.6 is 11.3 Å². The molecule has 0 saturated carbocycles. The van der Waals surface area contributed by atoms with Gasteiger partial charge in [0.05, 0.1) is 21.3 Å². The maximum Gasteiger partial charge on any atom is 0.262 e. The first-order valence-electron chi connectivity index (χ1n) is 11.0. The quantitative estimate of drug-likeness (QED) is 0.480. The summed E-state index contributed by atoms with van der Waals surface area (Å²) in [6.07, 6.45) is 0.708. The second-order valence-electron chi connectivity index (χ2n) is 8.40. The van der Waals surface area contributed by atoms with E-state index in [1.165, 1.54) is 11.3 Å². The van der Waals surface area contributed by atoms with Crippen LogP contribution in [0, 0.1) is 0 Å². The number of benzene rings is 2. The van der Waals surface area contributed by atoms with Gasteiger partial charge in [-0.25, -0.2) is 4.98 Å². The van der Waals surface area contributed by atoms with Crippen molar-refractivity contribution < 1.29 is 23.9 Å². The molecule has 2 aliphatic heterocycles. The van der Waals surface area contributed by atoms with Gasteiger partial charge in [-0.1, -0.05) is 23.5 Å². The average molecular weight is 481 g/mol. The van der Waals surface area contributed by atoms with E-state index in [0.717, 1.165) is 16.1 Å². The smallest absolute Gasteiger partial charge is 0.262 e. The number of ether oxygens (including phenoxy) is 2. The van der Waals surface area contributed by atoms with E-state index in [2.05, 4.69) is 4.98 Å². The molecule has 34 heavy (non-hydrogen) atoms. The first kappa shape index (κ1) is 22.3. The van der Waals surface area contributed by atoms with Crippen molar-refractivity contribution in [3.8, 4) is 11.5 Å². The molecule has 0 saturated heterocycles. The van der Waals surface area contributed by atoms with Crippen molar-refractivity contribution in [1.82, 2.24) is 14.8 Å². The Morgan fingerprint density at radius 3 is 2.32 bits per heavy atom. The molecule has 0 atom stereocenters. The summed E-state index contributed by atoms with van der Waals surface area (Å²) in [5.74, 6) is 0.0316. The molecule has 3 aromatic rings. The first-order valence-corrected chi connectivity index (χ1v) is 11.8. The molecule has 0 N–H and O–H groups in total. The molecule has 0 radical (unpaired) electrons. The highest BCUT2D eigenvalue weighted by Gasteiger charge is 2.37. The second kappa shape index (κ2) is 9.03. The summed E-state index contributed by atoms with van der Waals surface area (Å²) in [7, 11) is 3.93. The van der Waals surface area contributed by atoms with Crippen LogP contribution in [0.3, 0.4) is 0 Å². The van der Waals surface area contributed by atoms with Crippen LogP contribution in [0.25, 0.3) is 10.2 Å². The number of nitrogens with zero attached hydrogens (tertiary/aromatic N) is 4. The number of hydrogen-bond donors (Lipinski definition) is 0. The highest BCUT2D eigenvalue weighted by atomic mass is 32.1. The largest absolute Gasteiger partial charge is 0.486 e. The average Bonchev–Trinajstić information content (AvgIpc) is 3.34. The lowest BCUT2D eigenvalue weighted by Gasteiger charge is -2.23. The van der Waals surface area contributed by atoms with Crippen LogP contribution in [-0.2, 0) is 4.79 Å². The van der Waals surface area contributed by atoms with Gasteiger partial charge < -0.3 is 14.4 Å². The molecule has 10 heteroatoms. The van der Waals surface area contributed by atoms with Crippen molar-refractivity contribution in [3.05, 3.63) is 47.5 Å². The fourth-order valence-corrected chi connectivity index (χ4v) is 5.06. The summed E-state index contributed by atoms with van der Waals surface area (Å²) in [5, 5.41) is 0.512. The molecule has 1 aromatic heterocycles. The van der Waals surface area contributed by atoms with Gasteiger partial charge >= 0.3 is 0 Å². The van der Waals surface area contributed by atoms with E-state index in [9.17, 15) is 14.4 Å². The van der Waals surface area contributed by atoms with Crippen molar-refractivity contribution >= 4 is 44.4 Å². The molecule has 9 nitrogen and oxygen atoms in total. The van der Waals surface area contributed by atoms with Crippen LogP contribution in [0.1, 0.15) is 27.1 Å². The molecule has 3 heterocycles. The Labute approximate surface area is 200 Å². The zero-order chi connectivity index (χ0) is 23.8. The van der Waals surface area contributed by atoms with Crippen molar-refractivity contribution in [2.45, 2.75) is 6.42 Å². The fraction of sp³-hybridized carbons (Fsp3) is 0.333. The molecular formula is C24H24N4O5S. The van der Waals surface area contributed by atoms with E-state index in [0.29, 0.717) is 59.5 Å². The summed E-state index contributed by atoms with van der Waals surface area (Å²) in [6.45, 7) is 1.81. The third-order valence-corrected chi connectivity index (χ3v) is 6.77. The van der Waals surface area contributed by atoms with Crippen LogP contribution < -0.4 is 14.4 Å². The number of aromatic nitrogens is 1. The number of rotatable bonds is 7. The minimum atomic E-state index is -0.450. The van der Waals surface area contributed by atoms with E-state index in [1.807, 2.05) is 31.1 Å². The van der Waals surface area contributed by atoms with Crippen molar-refractivity contribution in [2.75, 3.05) is 51.8 Å². The molecule has 0 aliphatic carbocycles. The zero-order valence-electron chi connectivity index (χ0n) is 18.9. The summed E-state index contributed by atoms with van der Waals surface area (Å²) in [4.78, 5) is 48.3. The van der Waals surface area contributed by atoms with Gasteiger partial charge in [0.15, 0.2) is 16.6 Å². The number of carbonyl (C=O) groups excluding carboxylic acids is 3. The third kappa shape index (κ3) is 4.10. The maximum atomic E-state index is 13.4. The van der Waals surface area contributed by atoms with Crippen LogP contribution in [0.15, 0.2) is 36.4 Å². The first-order chi connectivity index (χ1) is 16.4. The predicted octanol–water partition coefficient (Wildman–Crippen LogP) is 2.65. The number of carbonyl (C=O) groups is 3. The summed E-state index contributed by atoms with van der Waals surface area (Å²) < 4.78 is 12.2. The zero-order valence-corrected chi connectivity index (χ0v) is 19.8. The molecule has 3 amide bonds. The third-order valence-electron chi connectivity index (χ3n) is 5.73. The predicted molar refractivity (Wildman–Crippen MR) is 128 cm³/mol. The van der Waals surface area contributed by atoms with E-state index in [1.54, 1.807) is 29.2 Å². The number of amides is 3. The number of hydrogen-bond acceptors (Lipinski definition) is 8. The lowest BCUT2D eigenvalue weighted by Crippen LogP contribution is -2.43. The molecule has 176 valence electrons. The molecule has 2 aromatic carbocycles. The number of thiazole rings is 1. The lowest BCUT2D eigenvalue weighted by atomic mass is 10.1. The number of fused-ring (bicyclic) bond motifs is 3. The van der Waals surface area contributed by atoms with Crippen molar-refractivity contribution in [1.29, 1.82) is 0 Å². The SMILES string of the molecule is CN(C)CCCN(C(=O)CN1C(=O)c2ccccc2C1=O)c1nc2cc3c(cc2s1)OCCO3. The fourth-order valence-electron chi connectivity index (χ4n) is 4.04. The highest BCUT2D eigenvalue weighted by molar-refractivity contribution is 7.22. The molecular weight excluding hydrogens is 456 g/mol. The monoisotopic (exact) mass is 480 g/mol. The Morgan fingerprint density at radius 2 is 1.68 bits per heavy atom. The van der Waals surface area contributed by atoms with Gasteiger partial charge in [-0.15, -0.1) is 0 Å². The van der Waals surface area contributed by atoms with Crippen LogP contribution in [0.4, 0.5) is 5.13 Å². The number of anilines is 1. The van der Waals surface area contributed by atoms with E-state index < -0.39 is 11.8 Å². The summed E-state index contributed by atoms with van der Waals surface area (Å²) in [6, 6.07) is 10.3. The molecule has 2 aliphatic rings. The van der Waals surface area contributed by atoms with Crippen molar-refractivity contribution in [3.63, 3.8) is 0 Å². The van der Waals surface area contributed by atoms with Gasteiger partial charge in [0, 0.05) is 18.7 Å². The lowest BCUT2D eigenvalue weighted by molar-refractivity contribution is -0.119. The topological polar surface area (TPSA) is 92.3 Å². The van der Waals surface area contributed by atoms with Crippen LogP contribution in [-0.4, -0.2) is 79.4 Å². The minimum absolute atomic E-state index is 0.324. The van der Waals surface area contributed by atoms with Gasteiger partial charge in [-0.2, -0.15) is 0 Å². The Hall–Kier alpha value is -3.50. The van der Waals surface area contributed by atoms with E-state index >= 15 is 0 Å². The normalized spacial score (nSPS) is 14.7. The van der Waals surface area contributed by atoms with Crippen LogP contribution in [0.2, 0.25) is 0 Å². The van der Waals surface area contributed by atoms with Gasteiger partial charge in [0.25, 0.3) is 11.8 Å². The minimum Gasteiger partial charge on any atom is -0.486 e. The summed E-state index contributed by atoms with van der Waals surface area (Å²) >= 11 is 1.37. The number of imide groups is 1. The van der Waals surface area contributed by atoms with Gasteiger partial charge in [-0.3, -0.25) is 24.2 Å². The molecule has 0 unspecified atom stereocenters. The second-order valence-corrected chi connectivity index (χ2v) is 9.41. The van der Waals surface area contributed by atoms with Gasteiger partial charge in [0.1, 0.15) is 19.8 Å². The maximum absolute atomic E-state index is 13.4. The molecule has 0 bridgehead atoms. The Kier molecular flexibility index (Phi) is 5.93. The van der Waals surface area contributed by atoms with Crippen molar-refractivity contribution in [2.24, 2.45) is 0 Å². The standard InChI is InChI=1S/C24H24N4O5S/c1-26(2)8-5-9-27(21(29)14-28-22(30)15-6-3-4-7-16(15)23(28)31)24-25-17-12-18-19(13-20(17)34-24)33-11-10-32-18/h3-4,6-7,12-13H,5,8-11,14H2,1-2H3. The summed E-state index contributed by atoms with van der Waals surface area (Å²) in [5.41, 5.74) is 1.35. The van der Waals surface area contributed by atoms with Gasteiger partial charge in [-0.05, 0) is 39.2 Å². The van der Waals surface area contributed by atoms with Gasteiger partial charge in [0.2, 0.25) is 5.91 Å². The Morgan fingerprint density at radius 1 is 1.03 bits per heavy atom. The Bertz CT molecular complexity index is 1210. The van der Waals surface area contributed by atoms with Crippen LogP contribution in [0.5, 0.6) is 11.5 Å². The van der Waals surface area contributed by atoms with E-state index in [-0.39, 0.29) is 12.5 Å². The highest BCUT2D eigenvalue weighted by Crippen LogP contribution is 2.39. The molecule has 0 fully saturated rings.